The zero-order valence-electron chi connectivity index (χ0n) is 12.3. The number of para-hydroxylation sites is 1. The number of thiazole rings is 1. The molecule has 9 heteroatoms. The van der Waals surface area contributed by atoms with Crippen molar-refractivity contribution >= 4 is 38.3 Å². The van der Waals surface area contributed by atoms with Gasteiger partial charge in [0.2, 0.25) is 0 Å². The predicted octanol–water partition coefficient (Wildman–Crippen LogP) is 1.92. The summed E-state index contributed by atoms with van der Waals surface area (Å²) < 4.78 is 26.9. The Kier molecular flexibility index (Phi) is 4.79. The lowest BCUT2D eigenvalue weighted by molar-refractivity contribution is 0.103. The van der Waals surface area contributed by atoms with Gasteiger partial charge in [-0.25, -0.2) is 9.71 Å². The molecule has 2 aromatic rings. The Hall–Kier alpha value is -1.97. The molecule has 1 aromatic carbocycles. The number of rotatable bonds is 5. The van der Waals surface area contributed by atoms with Crippen molar-refractivity contribution in [3.63, 3.8) is 0 Å². The molecule has 0 unspecified atom stereocenters. The molecular formula is C13H16N4O3S2. The molecule has 0 saturated heterocycles. The highest BCUT2D eigenvalue weighted by molar-refractivity contribution is 7.90. The lowest BCUT2D eigenvalue weighted by Gasteiger charge is -2.10. The molecule has 0 saturated carbocycles. The van der Waals surface area contributed by atoms with Crippen LogP contribution >= 0.6 is 11.3 Å². The summed E-state index contributed by atoms with van der Waals surface area (Å²) in [6.07, 6.45) is 0. The van der Waals surface area contributed by atoms with Gasteiger partial charge in [0.25, 0.3) is 5.91 Å². The zero-order valence-corrected chi connectivity index (χ0v) is 14.0. The van der Waals surface area contributed by atoms with Gasteiger partial charge in [0, 0.05) is 19.8 Å². The second-order valence-corrected chi connectivity index (χ2v) is 7.53. The van der Waals surface area contributed by atoms with Gasteiger partial charge in [0.15, 0.2) is 5.13 Å². The van der Waals surface area contributed by atoms with Crippen LogP contribution < -0.4 is 10.0 Å². The first-order valence-corrected chi connectivity index (χ1v) is 8.59. The molecule has 1 amide bonds. The van der Waals surface area contributed by atoms with E-state index in [-0.39, 0.29) is 11.0 Å². The fourth-order valence-corrected chi connectivity index (χ4v) is 3.21. The van der Waals surface area contributed by atoms with Crippen molar-refractivity contribution in [1.29, 1.82) is 0 Å². The number of hydrogen-bond donors (Lipinski definition) is 2. The van der Waals surface area contributed by atoms with Crippen molar-refractivity contribution in [2.45, 2.75) is 6.92 Å². The topological polar surface area (TPSA) is 91.4 Å². The molecule has 0 fully saturated rings. The first-order valence-electron chi connectivity index (χ1n) is 6.33. The highest BCUT2D eigenvalue weighted by Gasteiger charge is 2.20. The lowest BCUT2D eigenvalue weighted by atomic mass is 10.3. The van der Waals surface area contributed by atoms with Crippen LogP contribution in [-0.4, -0.2) is 37.7 Å². The number of aromatic nitrogens is 1. The predicted molar refractivity (Wildman–Crippen MR) is 87.5 cm³/mol. The van der Waals surface area contributed by atoms with Gasteiger partial charge in [-0.15, -0.1) is 0 Å². The maximum Gasteiger partial charge on any atom is 0.302 e. The molecule has 0 aliphatic carbocycles. The van der Waals surface area contributed by atoms with Gasteiger partial charge in [-0.1, -0.05) is 29.5 Å². The van der Waals surface area contributed by atoms with Crippen LogP contribution in [-0.2, 0) is 10.2 Å². The summed E-state index contributed by atoms with van der Waals surface area (Å²) in [4.78, 5) is 16.7. The Bertz CT molecular complexity index is 770. The summed E-state index contributed by atoms with van der Waals surface area (Å²) >= 11 is 0.991. The van der Waals surface area contributed by atoms with Crippen molar-refractivity contribution in [1.82, 2.24) is 9.29 Å². The van der Waals surface area contributed by atoms with E-state index in [0.29, 0.717) is 16.3 Å². The Balaban J connectivity index is 2.18. The number of amides is 1. The van der Waals surface area contributed by atoms with Crippen LogP contribution in [0.1, 0.15) is 15.4 Å². The maximum atomic E-state index is 12.2. The number of benzene rings is 1. The smallest absolute Gasteiger partial charge is 0.302 e. The minimum Gasteiger partial charge on any atom is -0.321 e. The first kappa shape index (κ1) is 16.4. The summed E-state index contributed by atoms with van der Waals surface area (Å²) in [5, 5.41) is 2.90. The molecule has 0 radical (unpaired) electrons. The van der Waals surface area contributed by atoms with Crippen LogP contribution in [0.4, 0.5) is 10.8 Å². The van der Waals surface area contributed by atoms with E-state index >= 15 is 0 Å². The van der Waals surface area contributed by atoms with Gasteiger partial charge in [-0.2, -0.15) is 12.7 Å². The van der Waals surface area contributed by atoms with Crippen LogP contribution in [0.25, 0.3) is 0 Å². The molecule has 0 bridgehead atoms. The Morgan fingerprint density at radius 1 is 1.23 bits per heavy atom. The van der Waals surface area contributed by atoms with Crippen molar-refractivity contribution in [3.05, 3.63) is 40.9 Å². The van der Waals surface area contributed by atoms with E-state index in [0.717, 1.165) is 15.6 Å². The average Bonchev–Trinajstić information content (AvgIpc) is 2.79. The van der Waals surface area contributed by atoms with E-state index in [1.807, 2.05) is 18.2 Å². The van der Waals surface area contributed by atoms with Crippen LogP contribution in [0.3, 0.4) is 0 Å². The van der Waals surface area contributed by atoms with E-state index in [9.17, 15) is 13.2 Å². The third-order valence-corrected chi connectivity index (χ3v) is 5.35. The SMILES string of the molecule is Cc1nc(NS(=O)(=O)N(C)C)sc1C(=O)Nc1ccccc1. The summed E-state index contributed by atoms with van der Waals surface area (Å²) in [6, 6.07) is 9.01. The molecular weight excluding hydrogens is 324 g/mol. The summed E-state index contributed by atoms with van der Waals surface area (Å²) in [6.45, 7) is 1.66. The summed E-state index contributed by atoms with van der Waals surface area (Å²) in [7, 11) is -0.823. The van der Waals surface area contributed by atoms with E-state index in [4.69, 9.17) is 0 Å². The minimum atomic E-state index is -3.64. The molecule has 1 aromatic heterocycles. The van der Waals surface area contributed by atoms with Crippen LogP contribution in [0.5, 0.6) is 0 Å². The van der Waals surface area contributed by atoms with Gasteiger partial charge in [-0.05, 0) is 19.1 Å². The fourth-order valence-electron chi connectivity index (χ4n) is 1.56. The van der Waals surface area contributed by atoms with Crippen LogP contribution in [0.15, 0.2) is 30.3 Å². The lowest BCUT2D eigenvalue weighted by Crippen LogP contribution is -2.28. The quantitative estimate of drug-likeness (QED) is 0.870. The largest absolute Gasteiger partial charge is 0.321 e. The number of nitrogens with zero attached hydrogens (tertiary/aromatic N) is 2. The second kappa shape index (κ2) is 6.42. The first-order chi connectivity index (χ1) is 10.3. The van der Waals surface area contributed by atoms with Gasteiger partial charge in [0.1, 0.15) is 4.88 Å². The number of nitrogens with one attached hydrogen (secondary N) is 2. The molecule has 0 aliphatic heterocycles. The molecule has 1 heterocycles. The Morgan fingerprint density at radius 3 is 2.45 bits per heavy atom. The Morgan fingerprint density at radius 2 is 1.86 bits per heavy atom. The van der Waals surface area contributed by atoms with E-state index < -0.39 is 10.2 Å². The Labute approximate surface area is 133 Å². The number of anilines is 2. The molecule has 2 N–H and O–H groups in total. The molecule has 0 aliphatic rings. The number of carbonyl (C=O) groups excluding carboxylic acids is 1. The summed E-state index contributed by atoms with van der Waals surface area (Å²) in [5.74, 6) is -0.323. The fraction of sp³-hybridized carbons (Fsp3) is 0.231. The van der Waals surface area contributed by atoms with Crippen molar-refractivity contribution in [2.24, 2.45) is 0 Å². The van der Waals surface area contributed by atoms with Crippen molar-refractivity contribution < 1.29 is 13.2 Å². The molecule has 0 spiro atoms. The highest BCUT2D eigenvalue weighted by Crippen LogP contribution is 2.24. The second-order valence-electron chi connectivity index (χ2n) is 4.64. The maximum absolute atomic E-state index is 12.2. The van der Waals surface area contributed by atoms with Crippen molar-refractivity contribution in [2.75, 3.05) is 24.1 Å². The standard InChI is InChI=1S/C13H16N4O3S2/c1-9-11(12(18)15-10-7-5-4-6-8-10)21-13(14-9)16-22(19,20)17(2)3/h4-8H,1-3H3,(H,14,16)(H,15,18). The van der Waals surface area contributed by atoms with Gasteiger partial charge in [-0.3, -0.25) is 4.79 Å². The third kappa shape index (κ3) is 3.81. The van der Waals surface area contributed by atoms with Crippen LogP contribution in [0, 0.1) is 6.92 Å². The van der Waals surface area contributed by atoms with Gasteiger partial charge >= 0.3 is 10.2 Å². The third-order valence-electron chi connectivity index (χ3n) is 2.73. The molecule has 2 rings (SSSR count). The number of carbonyl (C=O) groups is 1. The van der Waals surface area contributed by atoms with Gasteiger partial charge in [0.05, 0.1) is 5.69 Å². The van der Waals surface area contributed by atoms with E-state index in [1.54, 1.807) is 19.1 Å². The average molecular weight is 340 g/mol. The molecule has 118 valence electrons. The summed E-state index contributed by atoms with van der Waals surface area (Å²) in [5.41, 5.74) is 1.13. The number of hydrogen-bond acceptors (Lipinski definition) is 5. The van der Waals surface area contributed by atoms with Crippen molar-refractivity contribution in [3.8, 4) is 0 Å². The van der Waals surface area contributed by atoms with E-state index in [1.165, 1.54) is 14.1 Å². The monoisotopic (exact) mass is 340 g/mol. The highest BCUT2D eigenvalue weighted by atomic mass is 32.2. The van der Waals surface area contributed by atoms with Gasteiger partial charge < -0.3 is 5.32 Å². The van der Waals surface area contributed by atoms with Crippen LogP contribution in [0.2, 0.25) is 0 Å². The zero-order chi connectivity index (χ0) is 16.3. The molecule has 0 atom stereocenters. The normalized spacial score (nSPS) is 11.5. The molecule has 7 nitrogen and oxygen atoms in total. The minimum absolute atomic E-state index is 0.157. The van der Waals surface area contributed by atoms with E-state index in [2.05, 4.69) is 15.0 Å². The molecule has 22 heavy (non-hydrogen) atoms. The number of aryl methyl sites for hydroxylation is 1.